The Balaban J connectivity index is 3.09. The number of ether oxygens (including phenoxy) is 9. The van der Waals surface area contributed by atoms with Crippen LogP contribution in [0.25, 0.3) is 0 Å². The van der Waals surface area contributed by atoms with Crippen LogP contribution in [0.1, 0.15) is 213 Å². The number of unbranched alkanes of at least 4 members (excludes halogenated alkanes) is 9. The molecule has 8 atom stereocenters. The van der Waals surface area contributed by atoms with Crippen molar-refractivity contribution in [3.8, 4) is 0 Å². The number of alkyl carbamates (subject to hydrolysis) is 3. The highest BCUT2D eigenvalue weighted by Gasteiger charge is 2.31. The highest BCUT2D eigenvalue weighted by molar-refractivity contribution is 5.77. The summed E-state index contributed by atoms with van der Waals surface area (Å²) in [5.41, 5.74) is -3.80. The molecule has 4 N–H and O–H groups in total. The van der Waals surface area contributed by atoms with Crippen molar-refractivity contribution in [3.63, 3.8) is 0 Å². The van der Waals surface area contributed by atoms with Crippen LogP contribution in [-0.2, 0) is 86.2 Å². The molecule has 0 spiro atoms. The molecule has 27 nitrogen and oxygen atoms in total. The number of rotatable bonds is 49. The molecule has 0 fully saturated rings. The van der Waals surface area contributed by atoms with Crippen molar-refractivity contribution in [3.05, 3.63) is 31.5 Å². The SMILES string of the molecule is CCC(C)C(=O)OCC(COC(=O)C(C)(C)CC)OC(=O)NCCCCCCn1c(=O)n(CCCCCCNC(=O)OC(COC(=O)C(C)CC)COC(=O)C(C)(C)CC)c(=O)n(CCCCCCNC(=O)OC(COC(=O)C(C)CC)COC(O)C(C)CC)c1=O. The molecule has 0 aliphatic heterocycles. The van der Waals surface area contributed by atoms with E-state index < -0.39 is 101 Å². The van der Waals surface area contributed by atoms with Crippen molar-refractivity contribution in [1.29, 1.82) is 0 Å². The quantitative estimate of drug-likeness (QED) is 0.0206. The minimum Gasteiger partial charge on any atom is -0.461 e. The Labute approximate surface area is 544 Å². The molecule has 0 aliphatic carbocycles. The largest absolute Gasteiger partial charge is 0.461 e. The van der Waals surface area contributed by atoms with Gasteiger partial charge in [0.15, 0.2) is 24.6 Å². The van der Waals surface area contributed by atoms with Crippen LogP contribution >= 0.6 is 0 Å². The van der Waals surface area contributed by atoms with Gasteiger partial charge in [-0.15, -0.1) is 0 Å². The summed E-state index contributed by atoms with van der Waals surface area (Å²) in [4.78, 5) is 143. The van der Waals surface area contributed by atoms with E-state index in [9.17, 15) is 57.8 Å². The zero-order valence-corrected chi connectivity index (χ0v) is 57.8. The number of esters is 5. The maximum atomic E-state index is 14.0. The second kappa shape index (κ2) is 45.7. The van der Waals surface area contributed by atoms with Crippen molar-refractivity contribution in [2.75, 3.05) is 59.3 Å². The van der Waals surface area contributed by atoms with Crippen LogP contribution in [0.15, 0.2) is 14.4 Å². The number of carbonyl (C=O) groups is 8. The summed E-state index contributed by atoms with van der Waals surface area (Å²) in [6, 6.07) is 0. The summed E-state index contributed by atoms with van der Waals surface area (Å²) in [7, 11) is 0. The van der Waals surface area contributed by atoms with Crippen LogP contribution in [0, 0.1) is 34.5 Å². The van der Waals surface area contributed by atoms with Crippen LogP contribution < -0.4 is 33.0 Å². The molecule has 0 saturated carbocycles. The van der Waals surface area contributed by atoms with Gasteiger partial charge in [-0.2, -0.15) is 0 Å². The Kier molecular flexibility index (Phi) is 41.5. The van der Waals surface area contributed by atoms with Gasteiger partial charge in [0.2, 0.25) is 0 Å². The van der Waals surface area contributed by atoms with E-state index >= 15 is 0 Å². The topological polar surface area (TPSA) is 342 Å². The maximum Gasteiger partial charge on any atom is 0.407 e. The molecular weight excluding hydrogens is 1200 g/mol. The first-order valence-electron chi connectivity index (χ1n) is 33.5. The average Bonchev–Trinajstić information content (AvgIpc) is 0.796. The maximum absolute atomic E-state index is 14.0. The van der Waals surface area contributed by atoms with Crippen molar-refractivity contribution in [2.45, 2.75) is 257 Å². The minimum absolute atomic E-state index is 0.00753. The number of carbonyl (C=O) groups excluding carboxylic acids is 8. The van der Waals surface area contributed by atoms with Gasteiger partial charge in [-0.3, -0.25) is 24.0 Å². The number of nitrogens with one attached hydrogen (secondary N) is 3. The predicted octanol–water partition coefficient (Wildman–Crippen LogP) is 8.25. The van der Waals surface area contributed by atoms with Gasteiger partial charge in [-0.1, -0.05) is 108 Å². The monoisotopic (exact) mass is 1310 g/mol. The first kappa shape index (κ1) is 83.5. The molecule has 1 aromatic heterocycles. The molecule has 530 valence electrons. The van der Waals surface area contributed by atoms with Gasteiger partial charge < -0.3 is 63.7 Å². The molecule has 1 aromatic rings. The van der Waals surface area contributed by atoms with Crippen LogP contribution in [0.4, 0.5) is 14.4 Å². The van der Waals surface area contributed by atoms with Gasteiger partial charge >= 0.3 is 65.2 Å². The zero-order chi connectivity index (χ0) is 69.4. The summed E-state index contributed by atoms with van der Waals surface area (Å²) in [5, 5.41) is 18.3. The molecule has 8 unspecified atom stereocenters. The van der Waals surface area contributed by atoms with E-state index in [1.807, 2.05) is 48.5 Å². The minimum atomic E-state index is -1.11. The third kappa shape index (κ3) is 32.9. The highest BCUT2D eigenvalue weighted by atomic mass is 16.6. The van der Waals surface area contributed by atoms with E-state index in [1.165, 1.54) is 0 Å². The lowest BCUT2D eigenvalue weighted by molar-refractivity contribution is -0.164. The first-order chi connectivity index (χ1) is 43.5. The lowest BCUT2D eigenvalue weighted by atomic mass is 9.91. The molecule has 92 heavy (non-hydrogen) atoms. The van der Waals surface area contributed by atoms with Gasteiger partial charge in [0.1, 0.15) is 33.0 Å². The normalized spacial score (nSPS) is 14.2. The van der Waals surface area contributed by atoms with E-state index in [1.54, 1.807) is 48.5 Å². The Bertz CT molecular complexity index is 2440. The Morgan fingerprint density at radius 1 is 0.402 bits per heavy atom. The van der Waals surface area contributed by atoms with Crippen LogP contribution in [0.3, 0.4) is 0 Å². The van der Waals surface area contributed by atoms with Gasteiger partial charge in [-0.25, -0.2) is 42.5 Å². The summed E-state index contributed by atoms with van der Waals surface area (Å²) in [6.45, 7) is 23.9. The molecule has 0 aromatic carbocycles. The number of nitrogens with zero attached hydrogens (tertiary/aromatic N) is 3. The average molecular weight is 1320 g/mol. The van der Waals surface area contributed by atoms with E-state index in [4.69, 9.17) is 42.6 Å². The van der Waals surface area contributed by atoms with Crippen molar-refractivity contribution < 1.29 is 86.1 Å². The lowest BCUT2D eigenvalue weighted by Gasteiger charge is -2.23. The van der Waals surface area contributed by atoms with Gasteiger partial charge in [-0.05, 0) is 105 Å². The summed E-state index contributed by atoms with van der Waals surface area (Å²) >= 11 is 0. The standard InChI is InChI=1S/C65H114N6O21/c1-15-45(7)52(72)84-39-49(40-85-53(73)46(8)16-2)90-58(78)66-33-27-21-24-30-36-69-61(81)70(37-31-25-22-28-34-67-59(79)91-50(41-86-54(74)47(9)17-3)43-88-56(76)64(11,12)19-5)63(83)71(62(69)82)38-32-26-23-29-35-68-60(80)92-51(42-87-55(75)48(10)18-4)44-89-57(77)65(13,14)20-6/h45-52,72H,15-44H2,1-14H3,(H,66,78)(H,67,79)(H,68,80). The molecule has 1 rings (SSSR count). The smallest absolute Gasteiger partial charge is 0.407 e. The summed E-state index contributed by atoms with van der Waals surface area (Å²) < 4.78 is 52.1. The van der Waals surface area contributed by atoms with Gasteiger partial charge in [0, 0.05) is 45.2 Å². The van der Waals surface area contributed by atoms with E-state index in [0.717, 1.165) is 13.7 Å². The van der Waals surface area contributed by atoms with Crippen molar-refractivity contribution >= 4 is 48.1 Å². The number of amides is 3. The van der Waals surface area contributed by atoms with Crippen molar-refractivity contribution in [2.24, 2.45) is 34.5 Å². The fourth-order valence-corrected chi connectivity index (χ4v) is 8.04. The Hall–Kier alpha value is -6.51. The fourth-order valence-electron chi connectivity index (χ4n) is 8.04. The molecular formula is C65H114N6O21. The second-order valence-electron chi connectivity index (χ2n) is 25.0. The summed E-state index contributed by atoms with van der Waals surface area (Å²) in [5.74, 6) is -3.68. The summed E-state index contributed by atoms with van der Waals surface area (Å²) in [6.07, 6.45) is 2.79. The third-order valence-corrected chi connectivity index (χ3v) is 16.5. The van der Waals surface area contributed by atoms with Crippen LogP contribution in [-0.4, -0.2) is 151 Å². The molecule has 0 bridgehead atoms. The van der Waals surface area contributed by atoms with Gasteiger partial charge in [0.25, 0.3) is 0 Å². The van der Waals surface area contributed by atoms with Crippen molar-refractivity contribution in [1.82, 2.24) is 29.7 Å². The van der Waals surface area contributed by atoms with Gasteiger partial charge in [0.05, 0.1) is 35.2 Å². The van der Waals surface area contributed by atoms with E-state index in [2.05, 4.69) is 16.0 Å². The molecule has 0 saturated heterocycles. The Morgan fingerprint density at radius 3 is 0.946 bits per heavy atom. The number of hydrogen-bond acceptors (Lipinski definition) is 21. The van der Waals surface area contributed by atoms with E-state index in [-0.39, 0.29) is 103 Å². The highest BCUT2D eigenvalue weighted by Crippen LogP contribution is 2.23. The zero-order valence-electron chi connectivity index (χ0n) is 57.8. The second-order valence-corrected chi connectivity index (χ2v) is 25.0. The third-order valence-electron chi connectivity index (χ3n) is 16.5. The fraction of sp³-hybridized carbons (Fsp3) is 0.831. The van der Waals surface area contributed by atoms with Crippen LogP contribution in [0.2, 0.25) is 0 Å². The molecule has 1 heterocycles. The predicted molar refractivity (Wildman–Crippen MR) is 342 cm³/mol. The molecule has 0 radical (unpaired) electrons. The van der Waals surface area contributed by atoms with E-state index in [0.29, 0.717) is 116 Å². The number of aromatic nitrogens is 3. The first-order valence-corrected chi connectivity index (χ1v) is 33.5. The number of hydrogen-bond donors (Lipinski definition) is 4. The molecule has 0 aliphatic rings. The number of aliphatic hydroxyl groups excluding tert-OH is 1. The molecule has 3 amide bonds. The number of aliphatic hydroxyl groups is 1. The molecule has 27 heteroatoms. The van der Waals surface area contributed by atoms with Crippen LogP contribution in [0.5, 0.6) is 0 Å². The Morgan fingerprint density at radius 2 is 0.674 bits per heavy atom. The lowest BCUT2D eigenvalue weighted by Crippen LogP contribution is -2.54.